The number of nitrogens with zero attached hydrogens (tertiary/aromatic N) is 3. The van der Waals surface area contributed by atoms with Gasteiger partial charge in [-0.15, -0.1) is 0 Å². The third-order valence-electron chi connectivity index (χ3n) is 6.12. The second-order valence-corrected chi connectivity index (χ2v) is 8.27. The summed E-state index contributed by atoms with van der Waals surface area (Å²) in [5.74, 6) is 0.987. The van der Waals surface area contributed by atoms with E-state index in [9.17, 15) is 4.79 Å². The molecule has 8 nitrogen and oxygen atoms in total. The number of anilines is 2. The summed E-state index contributed by atoms with van der Waals surface area (Å²) in [7, 11) is 3.15. The molecule has 0 aliphatic carbocycles. The molecule has 0 spiro atoms. The summed E-state index contributed by atoms with van der Waals surface area (Å²) in [6.45, 7) is 4.02. The zero-order valence-corrected chi connectivity index (χ0v) is 19.9. The van der Waals surface area contributed by atoms with Crippen LogP contribution < -0.4 is 20.5 Å². The minimum absolute atomic E-state index is 0.208. The summed E-state index contributed by atoms with van der Waals surface area (Å²) in [5, 5.41) is 2.97. The minimum atomic E-state index is -0.369. The molecule has 0 saturated carbocycles. The Hall–Kier alpha value is -4.59. The first-order valence-corrected chi connectivity index (χ1v) is 11.1. The number of hydrogen-bond donors (Lipinski definition) is 2. The maximum Gasteiger partial charge on any atom is 0.261 e. The van der Waals surface area contributed by atoms with Crippen molar-refractivity contribution in [2.75, 3.05) is 25.3 Å². The molecule has 35 heavy (non-hydrogen) atoms. The molecule has 2 heterocycles. The molecule has 1 amide bonds. The van der Waals surface area contributed by atoms with Crippen molar-refractivity contribution in [2.45, 2.75) is 13.8 Å². The summed E-state index contributed by atoms with van der Waals surface area (Å²) in [4.78, 5) is 23.2. The number of nitrogens with one attached hydrogen (secondary N) is 1. The number of benzene rings is 3. The van der Waals surface area contributed by atoms with E-state index in [2.05, 4.69) is 5.32 Å². The number of carbonyl (C=O) groups is 1. The van der Waals surface area contributed by atoms with Gasteiger partial charge in [0.2, 0.25) is 0 Å². The minimum Gasteiger partial charge on any atom is -0.497 e. The molecule has 0 saturated heterocycles. The number of nitrogens with two attached hydrogens (primary N) is 1. The first-order valence-electron chi connectivity index (χ1n) is 11.1. The van der Waals surface area contributed by atoms with Crippen molar-refractivity contribution in [1.29, 1.82) is 0 Å². The molecule has 0 bridgehead atoms. The van der Waals surface area contributed by atoms with Gasteiger partial charge in [-0.1, -0.05) is 18.2 Å². The Morgan fingerprint density at radius 3 is 2.34 bits per heavy atom. The lowest BCUT2D eigenvalue weighted by molar-refractivity contribution is 0.102. The summed E-state index contributed by atoms with van der Waals surface area (Å²) in [6.07, 6.45) is 0. The molecule has 5 aromatic rings. The number of fused-ring (bicyclic) bond motifs is 2. The van der Waals surface area contributed by atoms with Gasteiger partial charge in [0.25, 0.3) is 5.91 Å². The second kappa shape index (κ2) is 8.64. The van der Waals surface area contributed by atoms with Gasteiger partial charge in [-0.2, -0.15) is 0 Å². The predicted octanol–water partition coefficient (Wildman–Crippen LogP) is 5.04. The molecule has 0 fully saturated rings. The van der Waals surface area contributed by atoms with E-state index in [1.807, 2.05) is 62.4 Å². The van der Waals surface area contributed by atoms with Crippen LogP contribution in [0, 0.1) is 13.8 Å². The van der Waals surface area contributed by atoms with Crippen LogP contribution in [0.15, 0.2) is 60.7 Å². The second-order valence-electron chi connectivity index (χ2n) is 8.27. The predicted molar refractivity (Wildman–Crippen MR) is 138 cm³/mol. The van der Waals surface area contributed by atoms with Gasteiger partial charge in [-0.05, 0) is 61.4 Å². The topological polar surface area (TPSA) is 104 Å². The number of para-hydroxylation sites is 2. The zero-order chi connectivity index (χ0) is 24.7. The maximum absolute atomic E-state index is 13.6. The molecule has 0 atom stereocenters. The molecule has 0 aliphatic heterocycles. The molecule has 0 unspecified atom stereocenters. The normalized spacial score (nSPS) is 11.1. The summed E-state index contributed by atoms with van der Waals surface area (Å²) < 4.78 is 12.7. The third kappa shape index (κ3) is 3.78. The van der Waals surface area contributed by atoms with Crippen LogP contribution in [0.4, 0.5) is 11.5 Å². The number of nitrogen functional groups attached to an aromatic ring is 1. The van der Waals surface area contributed by atoms with Crippen molar-refractivity contribution in [3.63, 3.8) is 0 Å². The van der Waals surface area contributed by atoms with Crippen molar-refractivity contribution in [3.8, 4) is 17.2 Å². The molecule has 176 valence electrons. The van der Waals surface area contributed by atoms with E-state index < -0.39 is 0 Å². The van der Waals surface area contributed by atoms with Gasteiger partial charge in [-0.25, -0.2) is 9.97 Å². The quantitative estimate of drug-likeness (QED) is 0.375. The van der Waals surface area contributed by atoms with Crippen LogP contribution in [0.2, 0.25) is 0 Å². The third-order valence-corrected chi connectivity index (χ3v) is 6.12. The van der Waals surface area contributed by atoms with Crippen molar-refractivity contribution in [1.82, 2.24) is 14.5 Å². The largest absolute Gasteiger partial charge is 0.497 e. The molecule has 5 rings (SSSR count). The van der Waals surface area contributed by atoms with E-state index in [4.69, 9.17) is 25.2 Å². The van der Waals surface area contributed by atoms with Gasteiger partial charge < -0.3 is 20.5 Å². The van der Waals surface area contributed by atoms with Gasteiger partial charge in [0.1, 0.15) is 28.4 Å². The van der Waals surface area contributed by atoms with Gasteiger partial charge >= 0.3 is 0 Å². The van der Waals surface area contributed by atoms with Crippen LogP contribution in [0.1, 0.15) is 21.5 Å². The van der Waals surface area contributed by atoms with Gasteiger partial charge in [0, 0.05) is 11.8 Å². The van der Waals surface area contributed by atoms with Crippen molar-refractivity contribution in [3.05, 3.63) is 77.4 Å². The Morgan fingerprint density at radius 2 is 1.66 bits per heavy atom. The fourth-order valence-electron chi connectivity index (χ4n) is 4.11. The number of amides is 1. The number of hydrogen-bond acceptors (Lipinski definition) is 6. The number of ether oxygens (including phenoxy) is 2. The lowest BCUT2D eigenvalue weighted by Crippen LogP contribution is -2.15. The molecular weight excluding hydrogens is 442 g/mol. The number of carbonyl (C=O) groups excluding carboxylic acids is 1. The molecular formula is C27H25N5O3. The zero-order valence-electron chi connectivity index (χ0n) is 19.9. The fourth-order valence-corrected chi connectivity index (χ4v) is 4.11. The standard InChI is InChI=1S/C27H25N5O3/c1-15-9-10-17(13-16(15)2)29-27(33)23-24-26(31-20-8-6-5-7-19(20)30-24)32(25(23)28)21-12-11-18(34-3)14-22(21)35-4/h5-14H,28H2,1-4H3,(H,29,33). The highest BCUT2D eigenvalue weighted by Gasteiger charge is 2.26. The van der Waals surface area contributed by atoms with Crippen LogP contribution in [-0.4, -0.2) is 34.7 Å². The highest BCUT2D eigenvalue weighted by atomic mass is 16.5. The van der Waals surface area contributed by atoms with E-state index in [1.165, 1.54) is 0 Å². The molecule has 2 aromatic heterocycles. The van der Waals surface area contributed by atoms with E-state index in [0.29, 0.717) is 45.1 Å². The summed E-state index contributed by atoms with van der Waals surface area (Å²) in [6, 6.07) is 18.6. The van der Waals surface area contributed by atoms with Crippen LogP contribution in [-0.2, 0) is 0 Å². The maximum atomic E-state index is 13.6. The lowest BCUT2D eigenvalue weighted by atomic mass is 10.1. The Kier molecular flexibility index (Phi) is 5.49. The Labute approximate surface area is 202 Å². The van der Waals surface area contributed by atoms with E-state index in [0.717, 1.165) is 11.1 Å². The average molecular weight is 468 g/mol. The highest BCUT2D eigenvalue weighted by Crippen LogP contribution is 2.36. The molecule has 0 radical (unpaired) electrons. The number of aromatic nitrogens is 3. The number of methoxy groups -OCH3 is 2. The van der Waals surface area contributed by atoms with Crippen LogP contribution in [0.25, 0.3) is 27.9 Å². The van der Waals surface area contributed by atoms with E-state index in [1.54, 1.807) is 30.9 Å². The van der Waals surface area contributed by atoms with Crippen molar-refractivity contribution in [2.24, 2.45) is 0 Å². The van der Waals surface area contributed by atoms with E-state index >= 15 is 0 Å². The number of rotatable bonds is 5. The Morgan fingerprint density at radius 1 is 0.914 bits per heavy atom. The van der Waals surface area contributed by atoms with E-state index in [-0.39, 0.29) is 17.3 Å². The Balaban J connectivity index is 1.75. The SMILES string of the molecule is COc1ccc(-n2c(N)c(C(=O)Nc3ccc(C)c(C)c3)c3nc4ccccc4nc32)c(OC)c1. The van der Waals surface area contributed by atoms with Crippen molar-refractivity contribution >= 4 is 39.6 Å². The molecule has 0 aliphatic rings. The smallest absolute Gasteiger partial charge is 0.261 e. The van der Waals surface area contributed by atoms with Crippen LogP contribution >= 0.6 is 0 Å². The average Bonchev–Trinajstić information content (AvgIpc) is 3.14. The lowest BCUT2D eigenvalue weighted by Gasteiger charge is -2.14. The number of aryl methyl sites for hydroxylation is 2. The van der Waals surface area contributed by atoms with Gasteiger partial charge in [0.05, 0.1) is 30.9 Å². The van der Waals surface area contributed by atoms with Crippen molar-refractivity contribution < 1.29 is 14.3 Å². The first-order chi connectivity index (χ1) is 16.9. The first kappa shape index (κ1) is 22.2. The van der Waals surface area contributed by atoms with Gasteiger partial charge in [-0.3, -0.25) is 9.36 Å². The molecule has 8 heteroatoms. The van der Waals surface area contributed by atoms with Gasteiger partial charge in [0.15, 0.2) is 5.65 Å². The molecule has 3 N–H and O–H groups in total. The molecule has 3 aromatic carbocycles. The van der Waals surface area contributed by atoms with Crippen LogP contribution in [0.5, 0.6) is 11.5 Å². The fraction of sp³-hybridized carbons (Fsp3) is 0.148. The van der Waals surface area contributed by atoms with Crippen LogP contribution in [0.3, 0.4) is 0 Å². The summed E-state index contributed by atoms with van der Waals surface area (Å²) >= 11 is 0. The highest BCUT2D eigenvalue weighted by molar-refractivity contribution is 6.16. The monoisotopic (exact) mass is 467 g/mol. The summed E-state index contributed by atoms with van der Waals surface area (Å²) in [5.41, 5.74) is 12.6. The Bertz CT molecular complexity index is 1610.